The normalized spacial score (nSPS) is 18.3. The third-order valence-corrected chi connectivity index (χ3v) is 4.58. The van der Waals surface area contributed by atoms with Gasteiger partial charge in [-0.25, -0.2) is 0 Å². The van der Waals surface area contributed by atoms with Gasteiger partial charge in [0.1, 0.15) is 23.7 Å². The number of hydrogen-bond donors (Lipinski definition) is 1. The van der Waals surface area contributed by atoms with E-state index in [9.17, 15) is 0 Å². The highest BCUT2D eigenvalue weighted by Crippen LogP contribution is 2.40. The van der Waals surface area contributed by atoms with Gasteiger partial charge in [0, 0.05) is 12.8 Å². The predicted molar refractivity (Wildman–Crippen MR) is 91.7 cm³/mol. The van der Waals surface area contributed by atoms with Crippen LogP contribution in [-0.2, 0) is 6.61 Å². The molecule has 3 nitrogen and oxygen atoms in total. The highest BCUT2D eigenvalue weighted by Gasteiger charge is 2.34. The van der Waals surface area contributed by atoms with Crippen molar-refractivity contribution in [2.24, 2.45) is 0 Å². The molecular weight excluding hydrogens is 286 g/mol. The molecule has 23 heavy (non-hydrogen) atoms. The van der Waals surface area contributed by atoms with Gasteiger partial charge in [-0.15, -0.1) is 0 Å². The second-order valence-corrected chi connectivity index (χ2v) is 6.19. The minimum atomic E-state index is -0.143. The maximum absolute atomic E-state index is 6.35. The summed E-state index contributed by atoms with van der Waals surface area (Å²) in [4.78, 5) is 0. The SMILES string of the molecule is C1=CC2(CCNCC2)Oc2cccc(OCc3ccccc3)c21. The van der Waals surface area contributed by atoms with E-state index in [0.717, 1.165) is 43.0 Å². The molecule has 4 rings (SSSR count). The Morgan fingerprint density at radius 2 is 1.83 bits per heavy atom. The van der Waals surface area contributed by atoms with Crippen LogP contribution < -0.4 is 14.8 Å². The van der Waals surface area contributed by atoms with Gasteiger partial charge in [0.05, 0.1) is 5.56 Å². The van der Waals surface area contributed by atoms with E-state index < -0.39 is 0 Å². The molecule has 0 amide bonds. The van der Waals surface area contributed by atoms with E-state index in [1.807, 2.05) is 36.4 Å². The lowest BCUT2D eigenvalue weighted by atomic mass is 9.89. The summed E-state index contributed by atoms with van der Waals surface area (Å²) in [5.41, 5.74) is 2.07. The summed E-state index contributed by atoms with van der Waals surface area (Å²) in [7, 11) is 0. The number of piperidine rings is 1. The van der Waals surface area contributed by atoms with Crippen LogP contribution >= 0.6 is 0 Å². The van der Waals surface area contributed by atoms with E-state index in [-0.39, 0.29) is 5.60 Å². The summed E-state index contributed by atoms with van der Waals surface area (Å²) < 4.78 is 12.4. The third kappa shape index (κ3) is 2.97. The van der Waals surface area contributed by atoms with Crippen molar-refractivity contribution in [1.82, 2.24) is 5.32 Å². The highest BCUT2D eigenvalue weighted by atomic mass is 16.5. The van der Waals surface area contributed by atoms with Crippen molar-refractivity contribution in [2.45, 2.75) is 25.0 Å². The molecule has 1 N–H and O–H groups in total. The Bertz CT molecular complexity index is 703. The van der Waals surface area contributed by atoms with Gasteiger partial charge in [-0.1, -0.05) is 36.4 Å². The van der Waals surface area contributed by atoms with E-state index in [4.69, 9.17) is 9.47 Å². The summed E-state index contributed by atoms with van der Waals surface area (Å²) in [5.74, 6) is 1.81. The number of ether oxygens (including phenoxy) is 2. The monoisotopic (exact) mass is 307 g/mol. The molecule has 3 heteroatoms. The van der Waals surface area contributed by atoms with Crippen molar-refractivity contribution in [3.8, 4) is 11.5 Å². The van der Waals surface area contributed by atoms with Gasteiger partial charge in [0.25, 0.3) is 0 Å². The van der Waals surface area contributed by atoms with Gasteiger partial charge in [-0.3, -0.25) is 0 Å². The minimum Gasteiger partial charge on any atom is -0.488 e. The first-order chi connectivity index (χ1) is 11.3. The summed E-state index contributed by atoms with van der Waals surface area (Å²) >= 11 is 0. The topological polar surface area (TPSA) is 30.5 Å². The molecule has 1 saturated heterocycles. The van der Waals surface area contributed by atoms with Crippen LogP contribution in [0.25, 0.3) is 6.08 Å². The molecule has 0 unspecified atom stereocenters. The van der Waals surface area contributed by atoms with Crippen LogP contribution in [0, 0.1) is 0 Å². The first-order valence-corrected chi connectivity index (χ1v) is 8.23. The van der Waals surface area contributed by atoms with Gasteiger partial charge < -0.3 is 14.8 Å². The lowest BCUT2D eigenvalue weighted by Gasteiger charge is -2.38. The number of benzene rings is 2. The number of nitrogens with one attached hydrogen (secondary N) is 1. The Hall–Kier alpha value is -2.26. The van der Waals surface area contributed by atoms with Gasteiger partial charge in [0.2, 0.25) is 0 Å². The molecule has 2 aliphatic heterocycles. The molecule has 2 aliphatic rings. The van der Waals surface area contributed by atoms with Gasteiger partial charge in [-0.2, -0.15) is 0 Å². The molecule has 2 aromatic carbocycles. The molecule has 1 spiro atoms. The largest absolute Gasteiger partial charge is 0.488 e. The van der Waals surface area contributed by atoms with E-state index in [0.29, 0.717) is 6.61 Å². The summed E-state index contributed by atoms with van der Waals surface area (Å²) in [6.07, 6.45) is 6.41. The highest BCUT2D eigenvalue weighted by molar-refractivity contribution is 5.67. The van der Waals surface area contributed by atoms with Gasteiger partial charge >= 0.3 is 0 Å². The minimum absolute atomic E-state index is 0.143. The average Bonchev–Trinajstić information content (AvgIpc) is 2.61. The van der Waals surface area contributed by atoms with Crippen molar-refractivity contribution >= 4 is 6.08 Å². The molecular formula is C20H21NO2. The van der Waals surface area contributed by atoms with E-state index in [1.54, 1.807) is 0 Å². The predicted octanol–water partition coefficient (Wildman–Crippen LogP) is 3.79. The second kappa shape index (κ2) is 6.09. The molecule has 0 atom stereocenters. The van der Waals surface area contributed by atoms with E-state index in [2.05, 4.69) is 29.6 Å². The average molecular weight is 307 g/mol. The smallest absolute Gasteiger partial charge is 0.131 e. The van der Waals surface area contributed by atoms with Gasteiger partial charge in [0.15, 0.2) is 0 Å². The van der Waals surface area contributed by atoms with Crippen LogP contribution in [0.5, 0.6) is 11.5 Å². The fourth-order valence-electron chi connectivity index (χ4n) is 3.25. The molecule has 118 valence electrons. The first kappa shape index (κ1) is 14.3. The van der Waals surface area contributed by atoms with Crippen LogP contribution in [0.4, 0.5) is 0 Å². The maximum atomic E-state index is 6.35. The second-order valence-electron chi connectivity index (χ2n) is 6.19. The Labute approximate surface area is 136 Å². The molecule has 0 saturated carbocycles. The van der Waals surface area contributed by atoms with E-state index >= 15 is 0 Å². The number of fused-ring (bicyclic) bond motifs is 1. The van der Waals surface area contributed by atoms with Crippen molar-refractivity contribution in [2.75, 3.05) is 13.1 Å². The Morgan fingerprint density at radius 1 is 1.00 bits per heavy atom. The lowest BCUT2D eigenvalue weighted by Crippen LogP contribution is -2.45. The molecule has 0 radical (unpaired) electrons. The maximum Gasteiger partial charge on any atom is 0.131 e. The standard InChI is InChI=1S/C20H21NO2/c1-2-5-16(6-3-1)15-22-18-7-4-8-19-17(18)9-10-20(23-19)11-13-21-14-12-20/h1-10,21H,11-15H2. The molecule has 1 fully saturated rings. The Morgan fingerprint density at radius 3 is 2.65 bits per heavy atom. The molecule has 0 bridgehead atoms. The Kier molecular flexibility index (Phi) is 3.80. The van der Waals surface area contributed by atoms with Crippen molar-refractivity contribution < 1.29 is 9.47 Å². The quantitative estimate of drug-likeness (QED) is 0.936. The number of rotatable bonds is 3. The van der Waals surface area contributed by atoms with Crippen LogP contribution in [0.1, 0.15) is 24.0 Å². The third-order valence-electron chi connectivity index (χ3n) is 4.58. The number of hydrogen-bond acceptors (Lipinski definition) is 3. The molecule has 0 aliphatic carbocycles. The van der Waals surface area contributed by atoms with Crippen molar-refractivity contribution in [1.29, 1.82) is 0 Å². The van der Waals surface area contributed by atoms with Crippen molar-refractivity contribution in [3.63, 3.8) is 0 Å². The molecule has 2 heterocycles. The fourth-order valence-corrected chi connectivity index (χ4v) is 3.25. The zero-order chi connectivity index (χ0) is 15.5. The van der Waals surface area contributed by atoms with Crippen LogP contribution in [-0.4, -0.2) is 18.7 Å². The lowest BCUT2D eigenvalue weighted by molar-refractivity contribution is 0.0817. The zero-order valence-electron chi connectivity index (χ0n) is 13.1. The van der Waals surface area contributed by atoms with Crippen LogP contribution in [0.15, 0.2) is 54.6 Å². The summed E-state index contributed by atoms with van der Waals surface area (Å²) in [5, 5.41) is 3.39. The Balaban J connectivity index is 1.55. The fraction of sp³-hybridized carbons (Fsp3) is 0.300. The zero-order valence-corrected chi connectivity index (χ0v) is 13.1. The molecule has 2 aromatic rings. The van der Waals surface area contributed by atoms with Crippen LogP contribution in [0.2, 0.25) is 0 Å². The first-order valence-electron chi connectivity index (χ1n) is 8.23. The van der Waals surface area contributed by atoms with E-state index in [1.165, 1.54) is 5.56 Å². The summed E-state index contributed by atoms with van der Waals surface area (Å²) in [6.45, 7) is 2.58. The van der Waals surface area contributed by atoms with Crippen molar-refractivity contribution in [3.05, 3.63) is 65.7 Å². The summed E-state index contributed by atoms with van der Waals surface area (Å²) in [6, 6.07) is 16.3. The van der Waals surface area contributed by atoms with Crippen LogP contribution in [0.3, 0.4) is 0 Å². The molecule has 0 aromatic heterocycles. The van der Waals surface area contributed by atoms with Gasteiger partial charge in [-0.05, 0) is 42.9 Å².